The van der Waals surface area contributed by atoms with Crippen LogP contribution >= 0.6 is 11.6 Å². The Labute approximate surface area is 153 Å². The fraction of sp³-hybridized carbons (Fsp3) is 0.300. The summed E-state index contributed by atoms with van der Waals surface area (Å²) in [5, 5.41) is 3.25. The van der Waals surface area contributed by atoms with E-state index in [4.69, 9.17) is 11.6 Å². The molecule has 2 aromatic carbocycles. The van der Waals surface area contributed by atoms with Crippen molar-refractivity contribution in [2.75, 3.05) is 7.05 Å². The third-order valence-corrected chi connectivity index (χ3v) is 4.37. The Morgan fingerprint density at radius 1 is 1.12 bits per heavy atom. The van der Waals surface area contributed by atoms with Crippen molar-refractivity contribution in [1.82, 2.24) is 10.2 Å². The van der Waals surface area contributed by atoms with Gasteiger partial charge in [0.15, 0.2) is 0 Å². The first-order valence-electron chi connectivity index (χ1n) is 8.21. The molecule has 0 aliphatic rings. The lowest BCUT2D eigenvalue weighted by Gasteiger charge is -2.28. The van der Waals surface area contributed by atoms with E-state index in [-0.39, 0.29) is 18.2 Å². The topological polar surface area (TPSA) is 49.4 Å². The Morgan fingerprint density at radius 3 is 2.40 bits per heavy atom. The van der Waals surface area contributed by atoms with Gasteiger partial charge in [-0.3, -0.25) is 9.59 Å². The molecule has 0 radical (unpaired) electrons. The predicted octanol–water partition coefficient (Wildman–Crippen LogP) is 3.35. The highest BCUT2D eigenvalue weighted by molar-refractivity contribution is 6.30. The number of likely N-dealkylation sites (N-methyl/N-ethyl adjacent to an activating group) is 1. The summed E-state index contributed by atoms with van der Waals surface area (Å²) in [6.45, 7) is 4.14. The standard InChI is InChI=1S/C20H23ClN2O2/c1-14-5-4-6-17(11-14)13-23(15(2)20(25)22-3)19(24)12-16-7-9-18(21)10-8-16/h4-11,15H,12-13H2,1-3H3,(H,22,25). The van der Waals surface area contributed by atoms with Crippen LogP contribution in [0.5, 0.6) is 0 Å². The molecular weight excluding hydrogens is 336 g/mol. The van der Waals surface area contributed by atoms with Crippen LogP contribution in [-0.2, 0) is 22.6 Å². The average molecular weight is 359 g/mol. The number of amides is 2. The molecule has 0 aliphatic heterocycles. The van der Waals surface area contributed by atoms with Gasteiger partial charge in [-0.15, -0.1) is 0 Å². The fourth-order valence-corrected chi connectivity index (χ4v) is 2.80. The molecule has 132 valence electrons. The second kappa shape index (κ2) is 8.67. The second-order valence-corrected chi connectivity index (χ2v) is 6.54. The van der Waals surface area contributed by atoms with Crippen molar-refractivity contribution in [3.05, 3.63) is 70.2 Å². The normalized spacial score (nSPS) is 11.7. The van der Waals surface area contributed by atoms with E-state index >= 15 is 0 Å². The second-order valence-electron chi connectivity index (χ2n) is 6.10. The van der Waals surface area contributed by atoms with Gasteiger partial charge in [-0.05, 0) is 37.1 Å². The number of hydrogen-bond acceptors (Lipinski definition) is 2. The van der Waals surface area contributed by atoms with Crippen molar-refractivity contribution >= 4 is 23.4 Å². The Morgan fingerprint density at radius 2 is 1.80 bits per heavy atom. The van der Waals surface area contributed by atoms with Gasteiger partial charge >= 0.3 is 0 Å². The van der Waals surface area contributed by atoms with Crippen molar-refractivity contribution in [2.24, 2.45) is 0 Å². The summed E-state index contributed by atoms with van der Waals surface area (Å²) in [5.41, 5.74) is 2.99. The fourth-order valence-electron chi connectivity index (χ4n) is 2.68. The van der Waals surface area contributed by atoms with Crippen LogP contribution in [0.4, 0.5) is 0 Å². The number of carbonyl (C=O) groups is 2. The molecule has 0 spiro atoms. The molecule has 2 rings (SSSR count). The monoisotopic (exact) mass is 358 g/mol. The Hall–Kier alpha value is -2.33. The van der Waals surface area contributed by atoms with Crippen molar-refractivity contribution < 1.29 is 9.59 Å². The summed E-state index contributed by atoms with van der Waals surface area (Å²) in [6, 6.07) is 14.6. The van der Waals surface area contributed by atoms with Gasteiger partial charge < -0.3 is 10.2 Å². The minimum atomic E-state index is -0.551. The number of aryl methyl sites for hydroxylation is 1. The first-order valence-corrected chi connectivity index (χ1v) is 8.59. The first kappa shape index (κ1) is 19.0. The quantitative estimate of drug-likeness (QED) is 0.860. The van der Waals surface area contributed by atoms with E-state index in [0.717, 1.165) is 16.7 Å². The SMILES string of the molecule is CNC(=O)C(C)N(Cc1cccc(C)c1)C(=O)Cc1ccc(Cl)cc1. The number of hydrogen-bond donors (Lipinski definition) is 1. The smallest absolute Gasteiger partial charge is 0.242 e. The van der Waals surface area contributed by atoms with Gasteiger partial charge in [0.2, 0.25) is 11.8 Å². The highest BCUT2D eigenvalue weighted by atomic mass is 35.5. The van der Waals surface area contributed by atoms with Gasteiger partial charge in [0.25, 0.3) is 0 Å². The first-order chi connectivity index (χ1) is 11.9. The Balaban J connectivity index is 2.21. The van der Waals surface area contributed by atoms with Gasteiger partial charge in [-0.2, -0.15) is 0 Å². The van der Waals surface area contributed by atoms with Crippen molar-refractivity contribution in [3.63, 3.8) is 0 Å². The molecule has 4 nitrogen and oxygen atoms in total. The summed E-state index contributed by atoms with van der Waals surface area (Å²) in [7, 11) is 1.58. The molecular formula is C20H23ClN2O2. The van der Waals surface area contributed by atoms with E-state index in [1.807, 2.05) is 43.3 Å². The molecule has 0 bridgehead atoms. The van der Waals surface area contributed by atoms with Gasteiger partial charge in [-0.1, -0.05) is 53.6 Å². The molecule has 1 atom stereocenters. The Kier molecular flexibility index (Phi) is 6.59. The lowest BCUT2D eigenvalue weighted by Crippen LogP contribution is -2.47. The summed E-state index contributed by atoms with van der Waals surface area (Å²) in [4.78, 5) is 26.6. The lowest BCUT2D eigenvalue weighted by molar-refractivity contribution is -0.139. The van der Waals surface area contributed by atoms with Crippen LogP contribution in [0.15, 0.2) is 48.5 Å². The number of rotatable bonds is 6. The number of halogens is 1. The zero-order chi connectivity index (χ0) is 18.4. The molecule has 0 saturated carbocycles. The van der Waals surface area contributed by atoms with Crippen LogP contribution in [0.3, 0.4) is 0 Å². The van der Waals surface area contributed by atoms with Crippen molar-refractivity contribution in [3.8, 4) is 0 Å². The molecule has 0 aromatic heterocycles. The van der Waals surface area contributed by atoms with Gasteiger partial charge in [0.05, 0.1) is 6.42 Å². The zero-order valence-corrected chi connectivity index (χ0v) is 15.5. The van der Waals surface area contributed by atoms with Crippen LogP contribution in [0, 0.1) is 6.92 Å². The Bertz CT molecular complexity index is 744. The van der Waals surface area contributed by atoms with Gasteiger partial charge in [0, 0.05) is 18.6 Å². The molecule has 25 heavy (non-hydrogen) atoms. The molecule has 5 heteroatoms. The third kappa shape index (κ3) is 5.33. The number of nitrogens with zero attached hydrogens (tertiary/aromatic N) is 1. The number of carbonyl (C=O) groups excluding carboxylic acids is 2. The predicted molar refractivity (Wildman–Crippen MR) is 100 cm³/mol. The largest absolute Gasteiger partial charge is 0.357 e. The van der Waals surface area contributed by atoms with Crippen LogP contribution in [-0.4, -0.2) is 29.8 Å². The average Bonchev–Trinajstić information content (AvgIpc) is 2.60. The van der Waals surface area contributed by atoms with E-state index in [2.05, 4.69) is 5.32 Å². The maximum atomic E-state index is 12.9. The van der Waals surface area contributed by atoms with E-state index < -0.39 is 6.04 Å². The van der Waals surface area contributed by atoms with Crippen LogP contribution < -0.4 is 5.32 Å². The maximum absolute atomic E-state index is 12.9. The molecule has 1 unspecified atom stereocenters. The van der Waals surface area contributed by atoms with Gasteiger partial charge in [-0.25, -0.2) is 0 Å². The molecule has 0 saturated heterocycles. The van der Waals surface area contributed by atoms with Crippen LogP contribution in [0.1, 0.15) is 23.6 Å². The van der Waals surface area contributed by atoms with Crippen molar-refractivity contribution in [2.45, 2.75) is 32.9 Å². The van der Waals surface area contributed by atoms with Crippen molar-refractivity contribution in [1.29, 1.82) is 0 Å². The van der Waals surface area contributed by atoms with Crippen LogP contribution in [0.2, 0.25) is 5.02 Å². The molecule has 2 aromatic rings. The molecule has 0 aliphatic carbocycles. The van der Waals surface area contributed by atoms with E-state index in [1.54, 1.807) is 31.0 Å². The third-order valence-electron chi connectivity index (χ3n) is 4.12. The molecule has 0 heterocycles. The van der Waals surface area contributed by atoms with E-state index in [0.29, 0.717) is 11.6 Å². The highest BCUT2D eigenvalue weighted by Gasteiger charge is 2.25. The van der Waals surface area contributed by atoms with Crippen LogP contribution in [0.25, 0.3) is 0 Å². The van der Waals surface area contributed by atoms with Gasteiger partial charge in [0.1, 0.15) is 6.04 Å². The lowest BCUT2D eigenvalue weighted by atomic mass is 10.1. The minimum absolute atomic E-state index is 0.0973. The zero-order valence-electron chi connectivity index (χ0n) is 14.8. The molecule has 1 N–H and O–H groups in total. The molecule has 2 amide bonds. The summed E-state index contributed by atoms with van der Waals surface area (Å²) in [6.07, 6.45) is 0.227. The minimum Gasteiger partial charge on any atom is -0.357 e. The molecule has 0 fully saturated rings. The number of benzene rings is 2. The summed E-state index contributed by atoms with van der Waals surface area (Å²) < 4.78 is 0. The number of nitrogens with one attached hydrogen (secondary N) is 1. The van der Waals surface area contributed by atoms with E-state index in [9.17, 15) is 9.59 Å². The highest BCUT2D eigenvalue weighted by Crippen LogP contribution is 2.15. The summed E-state index contributed by atoms with van der Waals surface area (Å²) in [5.74, 6) is -0.281. The maximum Gasteiger partial charge on any atom is 0.242 e. The summed E-state index contributed by atoms with van der Waals surface area (Å²) >= 11 is 5.90. The van der Waals surface area contributed by atoms with E-state index in [1.165, 1.54) is 0 Å².